The van der Waals surface area contributed by atoms with Gasteiger partial charge in [0, 0.05) is 18.2 Å². The van der Waals surface area contributed by atoms with Gasteiger partial charge in [-0.05, 0) is 38.5 Å². The van der Waals surface area contributed by atoms with Crippen LogP contribution < -0.4 is 16.8 Å². The topological polar surface area (TPSA) is 98.2 Å². The first-order valence-corrected chi connectivity index (χ1v) is 6.18. The van der Waals surface area contributed by atoms with Crippen LogP contribution in [0.25, 0.3) is 0 Å². The van der Waals surface area contributed by atoms with Crippen LogP contribution in [-0.2, 0) is 15.0 Å². The van der Waals surface area contributed by atoms with E-state index >= 15 is 0 Å². The molecule has 0 radical (unpaired) electrons. The molecule has 2 amide bonds. The van der Waals surface area contributed by atoms with Crippen LogP contribution in [-0.4, -0.2) is 17.9 Å². The minimum absolute atomic E-state index is 0.129. The number of carbonyl (C=O) groups excluding carboxylic acids is 2. The summed E-state index contributed by atoms with van der Waals surface area (Å²) < 4.78 is 0. The average Bonchev–Trinajstić information content (AvgIpc) is 2.28. The number of benzene rings is 1. The standard InChI is InChI=1S/C14H21N3O2/c1-9(8-12(16)18)17-13(19)14(2,3)10-4-6-11(15)7-5-10/h4-7,9H,8,15H2,1-3H3,(H2,16,18)(H,17,19). The number of carbonyl (C=O) groups is 2. The maximum Gasteiger partial charge on any atom is 0.230 e. The number of nitrogens with two attached hydrogens (primary N) is 2. The molecule has 0 fully saturated rings. The molecule has 0 saturated carbocycles. The van der Waals surface area contributed by atoms with E-state index in [1.807, 2.05) is 26.0 Å². The maximum atomic E-state index is 12.2. The second kappa shape index (κ2) is 5.73. The van der Waals surface area contributed by atoms with Gasteiger partial charge in [-0.25, -0.2) is 0 Å². The second-order valence-corrected chi connectivity index (χ2v) is 5.29. The van der Waals surface area contributed by atoms with Crippen molar-refractivity contribution in [1.82, 2.24) is 5.32 Å². The van der Waals surface area contributed by atoms with E-state index in [0.29, 0.717) is 5.69 Å². The van der Waals surface area contributed by atoms with Gasteiger partial charge in [0.25, 0.3) is 0 Å². The SMILES string of the molecule is CC(CC(N)=O)NC(=O)C(C)(C)c1ccc(N)cc1. The summed E-state index contributed by atoms with van der Waals surface area (Å²) in [6.45, 7) is 5.40. The van der Waals surface area contributed by atoms with E-state index in [4.69, 9.17) is 11.5 Å². The Kier molecular flexibility index (Phi) is 4.53. The zero-order valence-electron chi connectivity index (χ0n) is 11.6. The third-order valence-electron chi connectivity index (χ3n) is 3.08. The Hall–Kier alpha value is -2.04. The Labute approximate surface area is 113 Å². The molecule has 1 atom stereocenters. The summed E-state index contributed by atoms with van der Waals surface area (Å²) in [5, 5.41) is 2.79. The molecule has 0 spiro atoms. The van der Waals surface area contributed by atoms with Gasteiger partial charge >= 0.3 is 0 Å². The predicted octanol–water partition coefficient (Wildman–Crippen LogP) is 0.926. The molecule has 19 heavy (non-hydrogen) atoms. The molecule has 104 valence electrons. The van der Waals surface area contributed by atoms with E-state index in [9.17, 15) is 9.59 Å². The number of amides is 2. The monoisotopic (exact) mass is 263 g/mol. The Morgan fingerprint density at radius 1 is 1.26 bits per heavy atom. The average molecular weight is 263 g/mol. The smallest absolute Gasteiger partial charge is 0.230 e. The molecule has 0 saturated heterocycles. The summed E-state index contributed by atoms with van der Waals surface area (Å²) in [4.78, 5) is 23.1. The molecule has 0 bridgehead atoms. The molecule has 5 heteroatoms. The molecule has 0 aliphatic rings. The second-order valence-electron chi connectivity index (χ2n) is 5.29. The third kappa shape index (κ3) is 3.98. The number of hydrogen-bond donors (Lipinski definition) is 3. The molecule has 1 rings (SSSR count). The zero-order chi connectivity index (χ0) is 14.6. The number of primary amides is 1. The summed E-state index contributed by atoms with van der Waals surface area (Å²) in [5.41, 5.74) is 11.6. The summed E-state index contributed by atoms with van der Waals surface area (Å²) in [6, 6.07) is 6.90. The quantitative estimate of drug-likeness (QED) is 0.689. The van der Waals surface area contributed by atoms with E-state index in [1.165, 1.54) is 0 Å². The molecular formula is C14H21N3O2. The first-order valence-electron chi connectivity index (χ1n) is 6.18. The fourth-order valence-corrected chi connectivity index (χ4v) is 1.79. The lowest BCUT2D eigenvalue weighted by Crippen LogP contribution is -2.45. The van der Waals surface area contributed by atoms with Crippen LogP contribution in [0.2, 0.25) is 0 Å². The van der Waals surface area contributed by atoms with Gasteiger partial charge in [0.15, 0.2) is 0 Å². The van der Waals surface area contributed by atoms with Crippen molar-refractivity contribution in [1.29, 1.82) is 0 Å². The van der Waals surface area contributed by atoms with Gasteiger partial charge in [0.1, 0.15) is 0 Å². The van der Waals surface area contributed by atoms with Gasteiger partial charge in [-0.1, -0.05) is 12.1 Å². The van der Waals surface area contributed by atoms with Crippen molar-refractivity contribution in [2.24, 2.45) is 5.73 Å². The van der Waals surface area contributed by atoms with Crippen molar-refractivity contribution in [2.45, 2.75) is 38.6 Å². The van der Waals surface area contributed by atoms with Gasteiger partial charge in [0.05, 0.1) is 5.41 Å². The van der Waals surface area contributed by atoms with Crippen LogP contribution >= 0.6 is 0 Å². The van der Waals surface area contributed by atoms with Crippen LogP contribution in [0.5, 0.6) is 0 Å². The summed E-state index contributed by atoms with van der Waals surface area (Å²) in [6.07, 6.45) is 0.129. The largest absolute Gasteiger partial charge is 0.399 e. The van der Waals surface area contributed by atoms with Crippen molar-refractivity contribution in [3.05, 3.63) is 29.8 Å². The molecule has 5 N–H and O–H groups in total. The van der Waals surface area contributed by atoms with Crippen LogP contribution in [0.1, 0.15) is 32.8 Å². The van der Waals surface area contributed by atoms with E-state index in [0.717, 1.165) is 5.56 Å². The van der Waals surface area contributed by atoms with Crippen molar-refractivity contribution >= 4 is 17.5 Å². The van der Waals surface area contributed by atoms with Gasteiger partial charge in [-0.15, -0.1) is 0 Å². The highest BCUT2D eigenvalue weighted by Crippen LogP contribution is 2.24. The highest BCUT2D eigenvalue weighted by molar-refractivity contribution is 5.88. The molecule has 0 heterocycles. The Bertz CT molecular complexity index is 466. The molecular weight excluding hydrogens is 242 g/mol. The lowest BCUT2D eigenvalue weighted by atomic mass is 9.83. The molecule has 0 aromatic heterocycles. The number of rotatable bonds is 5. The normalized spacial score (nSPS) is 12.8. The number of hydrogen-bond acceptors (Lipinski definition) is 3. The van der Waals surface area contributed by atoms with Gasteiger partial charge in [0.2, 0.25) is 11.8 Å². The van der Waals surface area contributed by atoms with Crippen LogP contribution in [0.15, 0.2) is 24.3 Å². The van der Waals surface area contributed by atoms with Crippen LogP contribution in [0, 0.1) is 0 Å². The summed E-state index contributed by atoms with van der Waals surface area (Å²) in [5.74, 6) is -0.580. The minimum atomic E-state index is -0.695. The van der Waals surface area contributed by atoms with E-state index < -0.39 is 11.3 Å². The highest BCUT2D eigenvalue weighted by atomic mass is 16.2. The molecule has 1 aromatic carbocycles. The fraction of sp³-hybridized carbons (Fsp3) is 0.429. The fourth-order valence-electron chi connectivity index (χ4n) is 1.79. The minimum Gasteiger partial charge on any atom is -0.399 e. The number of nitrogen functional groups attached to an aromatic ring is 1. The molecule has 5 nitrogen and oxygen atoms in total. The molecule has 1 aromatic rings. The lowest BCUT2D eigenvalue weighted by Gasteiger charge is -2.26. The number of nitrogens with one attached hydrogen (secondary N) is 1. The molecule has 0 aliphatic carbocycles. The van der Waals surface area contributed by atoms with Crippen molar-refractivity contribution in [3.63, 3.8) is 0 Å². The van der Waals surface area contributed by atoms with Crippen molar-refractivity contribution in [3.8, 4) is 0 Å². The van der Waals surface area contributed by atoms with Crippen LogP contribution in [0.3, 0.4) is 0 Å². The van der Waals surface area contributed by atoms with Crippen LogP contribution in [0.4, 0.5) is 5.69 Å². The highest BCUT2D eigenvalue weighted by Gasteiger charge is 2.30. The third-order valence-corrected chi connectivity index (χ3v) is 3.08. The molecule has 1 unspecified atom stereocenters. The van der Waals surface area contributed by atoms with E-state index in [-0.39, 0.29) is 18.4 Å². The van der Waals surface area contributed by atoms with Crippen molar-refractivity contribution in [2.75, 3.05) is 5.73 Å². The van der Waals surface area contributed by atoms with Gasteiger partial charge < -0.3 is 16.8 Å². The van der Waals surface area contributed by atoms with Gasteiger partial charge in [-0.3, -0.25) is 9.59 Å². The first kappa shape index (κ1) is 15.0. The summed E-state index contributed by atoms with van der Waals surface area (Å²) in [7, 11) is 0. The van der Waals surface area contributed by atoms with E-state index in [2.05, 4.69) is 5.32 Å². The Balaban J connectivity index is 2.79. The lowest BCUT2D eigenvalue weighted by molar-refractivity contribution is -0.126. The zero-order valence-corrected chi connectivity index (χ0v) is 11.6. The van der Waals surface area contributed by atoms with Gasteiger partial charge in [-0.2, -0.15) is 0 Å². The van der Waals surface area contributed by atoms with E-state index in [1.54, 1.807) is 19.1 Å². The maximum absolute atomic E-state index is 12.2. The number of anilines is 1. The predicted molar refractivity (Wildman–Crippen MR) is 75.3 cm³/mol. The first-order chi connectivity index (χ1) is 8.73. The Morgan fingerprint density at radius 3 is 2.26 bits per heavy atom. The summed E-state index contributed by atoms with van der Waals surface area (Å²) >= 11 is 0. The molecule has 0 aliphatic heterocycles. The Morgan fingerprint density at radius 2 is 1.79 bits per heavy atom. The van der Waals surface area contributed by atoms with Crippen molar-refractivity contribution < 1.29 is 9.59 Å².